The number of rotatable bonds is 8. The summed E-state index contributed by atoms with van der Waals surface area (Å²) in [5, 5.41) is 3.36. The smallest absolute Gasteiger partial charge is 0.406 e. The molecule has 0 spiro atoms. The lowest BCUT2D eigenvalue weighted by molar-refractivity contribution is -0.274. The van der Waals surface area contributed by atoms with Crippen molar-refractivity contribution in [3.63, 3.8) is 0 Å². The van der Waals surface area contributed by atoms with Crippen LogP contribution < -0.4 is 15.0 Å². The minimum atomic E-state index is -4.85. The maximum Gasteiger partial charge on any atom is 0.573 e. The average molecular weight is 516 g/mol. The third kappa shape index (κ3) is 7.45. The van der Waals surface area contributed by atoms with Gasteiger partial charge in [-0.05, 0) is 68.6 Å². The van der Waals surface area contributed by atoms with E-state index in [1.165, 1.54) is 6.07 Å². The zero-order valence-electron chi connectivity index (χ0n) is 19.4. The van der Waals surface area contributed by atoms with Crippen molar-refractivity contribution in [2.24, 2.45) is 0 Å². The molecule has 1 aliphatic rings. The number of piperidine rings is 1. The van der Waals surface area contributed by atoms with Crippen molar-refractivity contribution in [2.75, 3.05) is 37.8 Å². The van der Waals surface area contributed by atoms with Gasteiger partial charge in [0.15, 0.2) is 0 Å². The molecule has 2 aromatic rings. The van der Waals surface area contributed by atoms with Crippen molar-refractivity contribution in [3.8, 4) is 5.75 Å². The number of hydrogen-bond acceptors (Lipinski definition) is 5. The number of nitrogens with one attached hydrogen (secondary N) is 1. The number of benzene rings is 2. The molecule has 1 heterocycles. The summed E-state index contributed by atoms with van der Waals surface area (Å²) in [6.45, 7) is 3.59. The number of alkyl halides is 3. The second-order valence-corrected chi connectivity index (χ2v) is 10.1. The van der Waals surface area contributed by atoms with E-state index in [4.69, 9.17) is 11.6 Å². The first-order valence-electron chi connectivity index (χ1n) is 11.1. The molecule has 0 radical (unpaired) electrons. The summed E-state index contributed by atoms with van der Waals surface area (Å²) >= 11 is 7.74. The molecular formula is C24H29ClF3N3O2S. The molecule has 2 aromatic carbocycles. The van der Waals surface area contributed by atoms with Crippen LogP contribution in [0.25, 0.3) is 0 Å². The molecule has 0 unspecified atom stereocenters. The Bertz CT molecular complexity index is 996. The normalized spacial score (nSPS) is 15.0. The van der Waals surface area contributed by atoms with Crippen molar-refractivity contribution in [1.29, 1.82) is 0 Å². The molecule has 186 valence electrons. The second-order valence-electron chi connectivity index (χ2n) is 8.31. The van der Waals surface area contributed by atoms with Gasteiger partial charge in [-0.3, -0.25) is 4.79 Å². The number of halogens is 4. The second kappa shape index (κ2) is 11.6. The van der Waals surface area contributed by atoms with Crippen LogP contribution in [0.5, 0.6) is 5.75 Å². The average Bonchev–Trinajstić information content (AvgIpc) is 2.77. The number of thioether (sulfide) groups is 1. The van der Waals surface area contributed by atoms with E-state index in [0.717, 1.165) is 35.1 Å². The van der Waals surface area contributed by atoms with Crippen LogP contribution in [0.1, 0.15) is 35.7 Å². The van der Waals surface area contributed by atoms with E-state index in [1.807, 2.05) is 32.0 Å². The number of nitrogens with zero attached hydrogens (tertiary/aromatic N) is 2. The molecule has 1 N–H and O–H groups in total. The molecule has 0 bridgehead atoms. The first-order valence-corrected chi connectivity index (χ1v) is 12.4. The lowest BCUT2D eigenvalue weighted by Gasteiger charge is -2.36. The standard InChI is InChI=1S/C24H29ClF3N3O2S/c1-4-34-22-6-5-18(25)11-17(22)15-29-23(32)16-12-20(14-21(13-16)33-24(26,27)28)31-9-7-19(8-10-31)30(2)3/h5-6,11-14,19H,4,7-10,15H2,1-3H3,(H,29,32). The maximum absolute atomic E-state index is 13.0. The molecular weight excluding hydrogens is 487 g/mol. The fourth-order valence-electron chi connectivity index (χ4n) is 3.99. The van der Waals surface area contributed by atoms with Crippen molar-refractivity contribution in [1.82, 2.24) is 10.2 Å². The number of amides is 1. The number of carbonyl (C=O) groups excluding carboxylic acids is 1. The van der Waals surface area contributed by atoms with Gasteiger partial charge in [0.05, 0.1) is 0 Å². The molecule has 1 saturated heterocycles. The molecule has 1 amide bonds. The van der Waals surface area contributed by atoms with E-state index in [-0.39, 0.29) is 12.1 Å². The van der Waals surface area contributed by atoms with Crippen LogP contribution in [0.4, 0.5) is 18.9 Å². The molecule has 5 nitrogen and oxygen atoms in total. The van der Waals surface area contributed by atoms with E-state index in [9.17, 15) is 18.0 Å². The first kappa shape index (κ1) is 26.5. The topological polar surface area (TPSA) is 44.8 Å². The molecule has 0 aliphatic carbocycles. The van der Waals surface area contributed by atoms with Crippen LogP contribution in [0, 0.1) is 0 Å². The van der Waals surface area contributed by atoms with Gasteiger partial charge >= 0.3 is 6.36 Å². The largest absolute Gasteiger partial charge is 0.573 e. The van der Waals surface area contributed by atoms with Gasteiger partial charge in [-0.1, -0.05) is 18.5 Å². The van der Waals surface area contributed by atoms with Gasteiger partial charge in [0.1, 0.15) is 5.75 Å². The number of anilines is 1. The van der Waals surface area contributed by atoms with Crippen molar-refractivity contribution in [2.45, 2.75) is 43.6 Å². The number of carbonyl (C=O) groups is 1. The fraction of sp³-hybridized carbons (Fsp3) is 0.458. The van der Waals surface area contributed by atoms with Gasteiger partial charge in [-0.15, -0.1) is 24.9 Å². The van der Waals surface area contributed by atoms with Gasteiger partial charge in [-0.25, -0.2) is 0 Å². The lowest BCUT2D eigenvalue weighted by Crippen LogP contribution is -2.42. The molecule has 0 atom stereocenters. The van der Waals surface area contributed by atoms with E-state index in [0.29, 0.717) is 29.8 Å². The van der Waals surface area contributed by atoms with Gasteiger partial charge < -0.3 is 19.9 Å². The Kier molecular flexibility index (Phi) is 9.01. The summed E-state index contributed by atoms with van der Waals surface area (Å²) in [6, 6.07) is 9.96. The highest BCUT2D eigenvalue weighted by molar-refractivity contribution is 7.99. The van der Waals surface area contributed by atoms with Crippen LogP contribution in [-0.4, -0.2) is 56.1 Å². The Labute approximate surface area is 207 Å². The Hall–Kier alpha value is -2.10. The SMILES string of the molecule is CCSc1ccc(Cl)cc1CNC(=O)c1cc(OC(F)(F)F)cc(N2CCC(N(C)C)CC2)c1. The Morgan fingerprint density at radius 2 is 1.91 bits per heavy atom. The third-order valence-corrected chi connectivity index (χ3v) is 6.94. The van der Waals surface area contributed by atoms with Gasteiger partial charge in [0.25, 0.3) is 5.91 Å². The summed E-state index contributed by atoms with van der Waals surface area (Å²) in [4.78, 5) is 18.1. The summed E-state index contributed by atoms with van der Waals surface area (Å²) in [5.74, 6) is -0.0351. The maximum atomic E-state index is 13.0. The summed E-state index contributed by atoms with van der Waals surface area (Å²) in [5.41, 5.74) is 1.49. The molecule has 0 saturated carbocycles. The highest BCUT2D eigenvalue weighted by Gasteiger charge is 2.32. The molecule has 3 rings (SSSR count). The predicted octanol–water partition coefficient (Wildman–Crippen LogP) is 5.81. The Morgan fingerprint density at radius 3 is 2.53 bits per heavy atom. The fourth-order valence-corrected chi connectivity index (χ4v) is 4.98. The van der Waals surface area contributed by atoms with E-state index in [2.05, 4.69) is 15.0 Å². The lowest BCUT2D eigenvalue weighted by atomic mass is 10.0. The highest BCUT2D eigenvalue weighted by Crippen LogP contribution is 2.31. The Balaban J connectivity index is 1.81. The molecule has 1 fully saturated rings. The quantitative estimate of drug-likeness (QED) is 0.449. The zero-order valence-corrected chi connectivity index (χ0v) is 21.0. The Morgan fingerprint density at radius 1 is 1.21 bits per heavy atom. The van der Waals surface area contributed by atoms with E-state index < -0.39 is 18.0 Å². The monoisotopic (exact) mass is 515 g/mol. The van der Waals surface area contributed by atoms with Gasteiger partial charge in [-0.2, -0.15) is 0 Å². The van der Waals surface area contributed by atoms with Crippen molar-refractivity contribution >= 4 is 35.0 Å². The summed E-state index contributed by atoms with van der Waals surface area (Å²) < 4.78 is 43.0. The van der Waals surface area contributed by atoms with E-state index >= 15 is 0 Å². The zero-order chi connectivity index (χ0) is 24.9. The number of ether oxygens (including phenoxy) is 1. The summed E-state index contributed by atoms with van der Waals surface area (Å²) in [7, 11) is 4.04. The molecule has 34 heavy (non-hydrogen) atoms. The minimum Gasteiger partial charge on any atom is -0.406 e. The number of hydrogen-bond donors (Lipinski definition) is 1. The third-order valence-electron chi connectivity index (χ3n) is 5.71. The van der Waals surface area contributed by atoms with Crippen LogP contribution in [0.15, 0.2) is 41.3 Å². The first-order chi connectivity index (χ1) is 16.1. The van der Waals surface area contributed by atoms with Crippen LogP contribution in [0.3, 0.4) is 0 Å². The minimum absolute atomic E-state index is 0.109. The van der Waals surface area contributed by atoms with Gasteiger partial charge in [0, 0.05) is 52.9 Å². The van der Waals surface area contributed by atoms with Crippen molar-refractivity contribution < 1.29 is 22.7 Å². The highest BCUT2D eigenvalue weighted by atomic mass is 35.5. The van der Waals surface area contributed by atoms with Gasteiger partial charge in [0.2, 0.25) is 0 Å². The molecule has 1 aliphatic heterocycles. The van der Waals surface area contributed by atoms with E-state index in [1.54, 1.807) is 30.0 Å². The van der Waals surface area contributed by atoms with Crippen LogP contribution in [0.2, 0.25) is 5.02 Å². The molecule has 10 heteroatoms. The molecule has 0 aromatic heterocycles. The van der Waals surface area contributed by atoms with Crippen LogP contribution >= 0.6 is 23.4 Å². The van der Waals surface area contributed by atoms with Crippen LogP contribution in [-0.2, 0) is 6.54 Å². The summed E-state index contributed by atoms with van der Waals surface area (Å²) in [6.07, 6.45) is -3.09. The predicted molar refractivity (Wildman–Crippen MR) is 131 cm³/mol. The van der Waals surface area contributed by atoms with Crippen molar-refractivity contribution in [3.05, 3.63) is 52.5 Å².